The first-order valence-electron chi connectivity index (χ1n) is 5.72. The summed E-state index contributed by atoms with van der Waals surface area (Å²) in [7, 11) is 2.02. The van der Waals surface area contributed by atoms with Crippen LogP contribution in [0.1, 0.15) is 25.8 Å². The van der Waals surface area contributed by atoms with Crippen molar-refractivity contribution in [2.24, 2.45) is 0 Å². The minimum Gasteiger partial charge on any atom is -0.315 e. The number of benzene rings is 1. The Labute approximate surface area is 93.1 Å². The molecule has 0 spiro atoms. The van der Waals surface area contributed by atoms with E-state index in [1.54, 1.807) is 0 Å². The molecule has 0 amide bonds. The second-order valence-corrected chi connectivity index (χ2v) is 3.96. The van der Waals surface area contributed by atoms with Gasteiger partial charge >= 0.3 is 0 Å². The molecule has 2 nitrogen and oxygen atoms in total. The summed E-state index contributed by atoms with van der Waals surface area (Å²) in [5.41, 5.74) is 1.34. The van der Waals surface area contributed by atoms with Gasteiger partial charge in [0.2, 0.25) is 0 Å². The van der Waals surface area contributed by atoms with Gasteiger partial charge in [0.05, 0.1) is 0 Å². The van der Waals surface area contributed by atoms with Crippen molar-refractivity contribution in [2.45, 2.75) is 38.9 Å². The highest BCUT2D eigenvalue weighted by molar-refractivity contribution is 5.14. The van der Waals surface area contributed by atoms with Crippen molar-refractivity contribution in [3.05, 3.63) is 35.9 Å². The first kappa shape index (κ1) is 12.2. The van der Waals surface area contributed by atoms with E-state index in [1.807, 2.05) is 7.05 Å². The van der Waals surface area contributed by atoms with Crippen LogP contribution in [0.3, 0.4) is 0 Å². The van der Waals surface area contributed by atoms with Crippen LogP contribution in [-0.4, -0.2) is 19.1 Å². The van der Waals surface area contributed by atoms with Crippen molar-refractivity contribution >= 4 is 0 Å². The molecule has 0 aliphatic heterocycles. The van der Waals surface area contributed by atoms with E-state index in [0.717, 1.165) is 13.0 Å². The van der Waals surface area contributed by atoms with Gasteiger partial charge in [-0.3, -0.25) is 0 Å². The average Bonchev–Trinajstić information content (AvgIpc) is 2.29. The SMILES string of the molecule is CCC(NC)C(C)NCc1ccccc1. The van der Waals surface area contributed by atoms with Gasteiger partial charge in [-0.25, -0.2) is 0 Å². The van der Waals surface area contributed by atoms with Crippen LogP contribution in [0.2, 0.25) is 0 Å². The lowest BCUT2D eigenvalue weighted by Crippen LogP contribution is -2.44. The molecule has 0 radical (unpaired) electrons. The van der Waals surface area contributed by atoms with E-state index in [2.05, 4.69) is 54.8 Å². The second-order valence-electron chi connectivity index (χ2n) is 3.96. The lowest BCUT2D eigenvalue weighted by Gasteiger charge is -2.23. The summed E-state index contributed by atoms with van der Waals surface area (Å²) in [4.78, 5) is 0. The maximum atomic E-state index is 3.54. The van der Waals surface area contributed by atoms with Gasteiger partial charge in [0.25, 0.3) is 0 Å². The highest BCUT2D eigenvalue weighted by Gasteiger charge is 2.11. The smallest absolute Gasteiger partial charge is 0.0213 e. The van der Waals surface area contributed by atoms with E-state index in [1.165, 1.54) is 5.56 Å². The van der Waals surface area contributed by atoms with Crippen LogP contribution in [0.25, 0.3) is 0 Å². The summed E-state index contributed by atoms with van der Waals surface area (Å²) >= 11 is 0. The quantitative estimate of drug-likeness (QED) is 0.745. The largest absolute Gasteiger partial charge is 0.315 e. The van der Waals surface area contributed by atoms with Gasteiger partial charge in [0.15, 0.2) is 0 Å². The van der Waals surface area contributed by atoms with Crippen LogP contribution in [0.5, 0.6) is 0 Å². The molecule has 0 aliphatic carbocycles. The Morgan fingerprint density at radius 3 is 2.40 bits per heavy atom. The maximum Gasteiger partial charge on any atom is 0.0213 e. The Balaban J connectivity index is 2.36. The first-order chi connectivity index (χ1) is 7.27. The minimum absolute atomic E-state index is 0.500. The van der Waals surface area contributed by atoms with Gasteiger partial charge in [-0.15, -0.1) is 0 Å². The molecule has 0 aliphatic rings. The van der Waals surface area contributed by atoms with Crippen molar-refractivity contribution in [1.82, 2.24) is 10.6 Å². The zero-order valence-electron chi connectivity index (χ0n) is 9.96. The number of likely N-dealkylation sites (N-methyl/N-ethyl adjacent to an activating group) is 1. The third-order valence-electron chi connectivity index (χ3n) is 2.89. The van der Waals surface area contributed by atoms with Crippen LogP contribution in [0.4, 0.5) is 0 Å². The molecule has 2 atom stereocenters. The molecule has 0 bridgehead atoms. The molecule has 0 saturated carbocycles. The summed E-state index contributed by atoms with van der Waals surface area (Å²) in [6.07, 6.45) is 1.15. The predicted octanol–water partition coefficient (Wildman–Crippen LogP) is 2.16. The normalized spacial score (nSPS) is 14.9. The zero-order chi connectivity index (χ0) is 11.1. The van der Waals surface area contributed by atoms with Crippen molar-refractivity contribution in [3.8, 4) is 0 Å². The Morgan fingerprint density at radius 2 is 1.87 bits per heavy atom. The van der Waals surface area contributed by atoms with Crippen LogP contribution >= 0.6 is 0 Å². The van der Waals surface area contributed by atoms with E-state index in [0.29, 0.717) is 12.1 Å². The summed E-state index contributed by atoms with van der Waals surface area (Å²) < 4.78 is 0. The Hall–Kier alpha value is -0.860. The van der Waals surface area contributed by atoms with E-state index < -0.39 is 0 Å². The highest BCUT2D eigenvalue weighted by Crippen LogP contribution is 2.01. The third kappa shape index (κ3) is 4.02. The molecule has 0 fully saturated rings. The van der Waals surface area contributed by atoms with Gasteiger partial charge in [-0.2, -0.15) is 0 Å². The van der Waals surface area contributed by atoms with Crippen molar-refractivity contribution in [2.75, 3.05) is 7.05 Å². The Morgan fingerprint density at radius 1 is 1.20 bits per heavy atom. The first-order valence-corrected chi connectivity index (χ1v) is 5.72. The van der Waals surface area contributed by atoms with Crippen LogP contribution in [0.15, 0.2) is 30.3 Å². The topological polar surface area (TPSA) is 24.1 Å². The average molecular weight is 206 g/mol. The third-order valence-corrected chi connectivity index (χ3v) is 2.89. The van der Waals surface area contributed by atoms with Crippen LogP contribution in [-0.2, 0) is 6.54 Å². The zero-order valence-corrected chi connectivity index (χ0v) is 9.96. The molecular weight excluding hydrogens is 184 g/mol. The summed E-state index contributed by atoms with van der Waals surface area (Å²) in [5, 5.41) is 6.86. The lowest BCUT2D eigenvalue weighted by atomic mass is 10.1. The van der Waals surface area contributed by atoms with E-state index in [4.69, 9.17) is 0 Å². The van der Waals surface area contributed by atoms with Gasteiger partial charge in [-0.05, 0) is 26.0 Å². The Bertz CT molecular complexity index is 254. The van der Waals surface area contributed by atoms with Gasteiger partial charge in [-0.1, -0.05) is 37.3 Å². The standard InChI is InChI=1S/C13H22N2/c1-4-13(14-3)11(2)15-10-12-8-6-5-7-9-12/h5-9,11,13-15H,4,10H2,1-3H3. The fourth-order valence-corrected chi connectivity index (χ4v) is 1.82. The molecular formula is C13H22N2. The lowest BCUT2D eigenvalue weighted by molar-refractivity contribution is 0.398. The molecule has 1 rings (SSSR count). The number of hydrogen-bond donors (Lipinski definition) is 2. The van der Waals surface area contributed by atoms with Crippen LogP contribution < -0.4 is 10.6 Å². The fraction of sp³-hybridized carbons (Fsp3) is 0.538. The molecule has 0 heterocycles. The van der Waals surface area contributed by atoms with Gasteiger partial charge in [0, 0.05) is 18.6 Å². The predicted molar refractivity (Wildman–Crippen MR) is 65.9 cm³/mol. The van der Waals surface area contributed by atoms with Gasteiger partial charge in [0.1, 0.15) is 0 Å². The molecule has 15 heavy (non-hydrogen) atoms. The molecule has 0 saturated heterocycles. The van der Waals surface area contributed by atoms with Crippen LogP contribution in [0, 0.1) is 0 Å². The maximum absolute atomic E-state index is 3.54. The molecule has 1 aromatic carbocycles. The molecule has 0 aromatic heterocycles. The molecule has 2 N–H and O–H groups in total. The highest BCUT2D eigenvalue weighted by atomic mass is 15.0. The summed E-state index contributed by atoms with van der Waals surface area (Å²) in [6.45, 7) is 5.38. The fourth-order valence-electron chi connectivity index (χ4n) is 1.82. The van der Waals surface area contributed by atoms with Crippen molar-refractivity contribution in [1.29, 1.82) is 0 Å². The number of rotatable bonds is 6. The van der Waals surface area contributed by atoms with Crippen molar-refractivity contribution < 1.29 is 0 Å². The van der Waals surface area contributed by atoms with Gasteiger partial charge < -0.3 is 10.6 Å². The second kappa shape index (κ2) is 6.59. The molecule has 1 aromatic rings. The van der Waals surface area contributed by atoms with Crippen molar-refractivity contribution in [3.63, 3.8) is 0 Å². The molecule has 2 heteroatoms. The summed E-state index contributed by atoms with van der Waals surface area (Å²) in [6, 6.07) is 11.6. The van der Waals surface area contributed by atoms with E-state index in [-0.39, 0.29) is 0 Å². The monoisotopic (exact) mass is 206 g/mol. The Kier molecular flexibility index (Phi) is 5.37. The van der Waals surface area contributed by atoms with E-state index >= 15 is 0 Å². The summed E-state index contributed by atoms with van der Waals surface area (Å²) in [5.74, 6) is 0. The van der Waals surface area contributed by atoms with E-state index in [9.17, 15) is 0 Å². The molecule has 2 unspecified atom stereocenters. The number of nitrogens with one attached hydrogen (secondary N) is 2. The minimum atomic E-state index is 0.500. The number of hydrogen-bond acceptors (Lipinski definition) is 2. The molecule has 84 valence electrons.